The zero-order valence-corrected chi connectivity index (χ0v) is 13.5. The summed E-state index contributed by atoms with van der Waals surface area (Å²) in [4.78, 5) is 11.9. The van der Waals surface area contributed by atoms with Crippen LogP contribution in [0.5, 0.6) is 0 Å². The molecular formula is C17H23ClN2O. The highest BCUT2D eigenvalue weighted by atomic mass is 35.5. The molecular weight excluding hydrogens is 284 g/mol. The predicted molar refractivity (Wildman–Crippen MR) is 89.1 cm³/mol. The molecule has 0 aliphatic heterocycles. The van der Waals surface area contributed by atoms with Gasteiger partial charge in [-0.05, 0) is 63.1 Å². The molecule has 1 aliphatic carbocycles. The summed E-state index contributed by atoms with van der Waals surface area (Å²) in [7, 11) is 0. The van der Waals surface area contributed by atoms with E-state index in [-0.39, 0.29) is 6.03 Å². The SMILES string of the molecule is Cc1cc(C)c(NC(=O)NCCC2=CCCCC2)c(Cl)c1. The van der Waals surface area contributed by atoms with Gasteiger partial charge >= 0.3 is 6.03 Å². The van der Waals surface area contributed by atoms with Crippen LogP contribution in [0.2, 0.25) is 5.02 Å². The van der Waals surface area contributed by atoms with Gasteiger partial charge in [0.15, 0.2) is 0 Å². The van der Waals surface area contributed by atoms with E-state index in [4.69, 9.17) is 11.6 Å². The lowest BCUT2D eigenvalue weighted by molar-refractivity contribution is 0.252. The molecule has 114 valence electrons. The smallest absolute Gasteiger partial charge is 0.319 e. The van der Waals surface area contributed by atoms with E-state index in [2.05, 4.69) is 16.7 Å². The van der Waals surface area contributed by atoms with Gasteiger partial charge in [-0.15, -0.1) is 0 Å². The zero-order valence-electron chi connectivity index (χ0n) is 12.8. The Morgan fingerprint density at radius 2 is 2.10 bits per heavy atom. The lowest BCUT2D eigenvalue weighted by Gasteiger charge is -2.14. The van der Waals surface area contributed by atoms with Gasteiger partial charge in [-0.3, -0.25) is 0 Å². The highest BCUT2D eigenvalue weighted by Crippen LogP contribution is 2.27. The Kier molecular flexibility index (Phi) is 5.68. The molecule has 0 aromatic heterocycles. The van der Waals surface area contributed by atoms with Gasteiger partial charge in [-0.2, -0.15) is 0 Å². The van der Waals surface area contributed by atoms with E-state index < -0.39 is 0 Å². The number of hydrogen-bond donors (Lipinski definition) is 2. The first-order valence-electron chi connectivity index (χ1n) is 7.56. The first-order chi connectivity index (χ1) is 10.1. The number of urea groups is 1. The summed E-state index contributed by atoms with van der Waals surface area (Å²) in [6, 6.07) is 3.67. The second-order valence-electron chi connectivity index (χ2n) is 5.68. The van der Waals surface area contributed by atoms with E-state index in [1.54, 1.807) is 0 Å². The summed E-state index contributed by atoms with van der Waals surface area (Å²) in [5.74, 6) is 0. The minimum Gasteiger partial charge on any atom is -0.338 e. The first kappa shape index (κ1) is 15.9. The second-order valence-corrected chi connectivity index (χ2v) is 6.08. The summed E-state index contributed by atoms with van der Waals surface area (Å²) in [6.07, 6.45) is 8.17. The molecule has 0 heterocycles. The first-order valence-corrected chi connectivity index (χ1v) is 7.93. The van der Waals surface area contributed by atoms with Gasteiger partial charge in [0, 0.05) is 6.54 Å². The van der Waals surface area contributed by atoms with Gasteiger partial charge in [0.25, 0.3) is 0 Å². The average Bonchev–Trinajstić information content (AvgIpc) is 2.44. The summed E-state index contributed by atoms with van der Waals surface area (Å²) < 4.78 is 0. The van der Waals surface area contributed by atoms with E-state index in [0.717, 1.165) is 17.5 Å². The third-order valence-corrected chi connectivity index (χ3v) is 4.09. The number of halogens is 1. The van der Waals surface area contributed by atoms with Crippen LogP contribution in [0.4, 0.5) is 10.5 Å². The number of nitrogens with one attached hydrogen (secondary N) is 2. The van der Waals surface area contributed by atoms with E-state index in [9.17, 15) is 4.79 Å². The number of anilines is 1. The maximum Gasteiger partial charge on any atom is 0.319 e. The minimum absolute atomic E-state index is 0.194. The third kappa shape index (κ3) is 4.78. The molecule has 1 aromatic rings. The lowest BCUT2D eigenvalue weighted by atomic mass is 9.97. The van der Waals surface area contributed by atoms with Crippen LogP contribution in [-0.2, 0) is 0 Å². The van der Waals surface area contributed by atoms with Crippen molar-refractivity contribution in [3.05, 3.63) is 39.9 Å². The Labute approximate surface area is 131 Å². The van der Waals surface area contributed by atoms with Crippen molar-refractivity contribution in [1.29, 1.82) is 0 Å². The molecule has 21 heavy (non-hydrogen) atoms. The molecule has 2 amide bonds. The van der Waals surface area contributed by atoms with Crippen molar-refractivity contribution in [2.75, 3.05) is 11.9 Å². The van der Waals surface area contributed by atoms with Gasteiger partial charge in [0.2, 0.25) is 0 Å². The second kappa shape index (κ2) is 7.51. The normalized spacial score (nSPS) is 14.5. The molecule has 0 saturated carbocycles. The fraction of sp³-hybridized carbons (Fsp3) is 0.471. The molecule has 0 bridgehead atoms. The molecule has 0 saturated heterocycles. The highest BCUT2D eigenvalue weighted by molar-refractivity contribution is 6.34. The maximum atomic E-state index is 11.9. The maximum absolute atomic E-state index is 11.9. The molecule has 0 fully saturated rings. The van der Waals surface area contributed by atoms with Gasteiger partial charge in [-0.25, -0.2) is 4.79 Å². The molecule has 3 nitrogen and oxygen atoms in total. The van der Waals surface area contributed by atoms with E-state index in [1.807, 2.05) is 26.0 Å². The predicted octanol–water partition coefficient (Wildman–Crippen LogP) is 4.97. The Balaban J connectivity index is 1.83. The minimum atomic E-state index is -0.194. The Morgan fingerprint density at radius 3 is 2.76 bits per heavy atom. The fourth-order valence-electron chi connectivity index (χ4n) is 2.70. The van der Waals surface area contributed by atoms with E-state index in [0.29, 0.717) is 17.3 Å². The molecule has 1 aromatic carbocycles. The van der Waals surface area contributed by atoms with Crippen LogP contribution in [0.15, 0.2) is 23.8 Å². The van der Waals surface area contributed by atoms with Gasteiger partial charge in [-0.1, -0.05) is 29.3 Å². The monoisotopic (exact) mass is 306 g/mol. The molecule has 0 radical (unpaired) electrons. The number of aryl methyl sites for hydroxylation is 2. The standard InChI is InChI=1S/C17H23ClN2O/c1-12-10-13(2)16(15(18)11-12)20-17(21)19-9-8-14-6-4-3-5-7-14/h6,10-11H,3-5,7-9H2,1-2H3,(H2,19,20,21). The molecule has 4 heteroatoms. The number of carbonyl (C=O) groups is 1. The Bertz CT molecular complexity index is 529. The van der Waals surface area contributed by atoms with Crippen molar-refractivity contribution in [2.45, 2.75) is 46.0 Å². The number of rotatable bonds is 4. The van der Waals surface area contributed by atoms with Crippen LogP contribution >= 0.6 is 11.6 Å². The number of amides is 2. The van der Waals surface area contributed by atoms with Crippen molar-refractivity contribution in [1.82, 2.24) is 5.32 Å². The van der Waals surface area contributed by atoms with Crippen LogP contribution in [-0.4, -0.2) is 12.6 Å². The van der Waals surface area contributed by atoms with E-state index >= 15 is 0 Å². The lowest BCUT2D eigenvalue weighted by Crippen LogP contribution is -2.30. The van der Waals surface area contributed by atoms with Crippen molar-refractivity contribution < 1.29 is 4.79 Å². The van der Waals surface area contributed by atoms with Crippen molar-refractivity contribution in [2.24, 2.45) is 0 Å². The summed E-state index contributed by atoms with van der Waals surface area (Å²) in [5.41, 5.74) is 4.22. The fourth-order valence-corrected chi connectivity index (χ4v) is 3.07. The molecule has 1 aliphatic rings. The van der Waals surface area contributed by atoms with Crippen LogP contribution < -0.4 is 10.6 Å². The van der Waals surface area contributed by atoms with Crippen molar-refractivity contribution in [3.8, 4) is 0 Å². The largest absolute Gasteiger partial charge is 0.338 e. The molecule has 2 N–H and O–H groups in total. The molecule has 0 atom stereocenters. The van der Waals surface area contributed by atoms with Crippen LogP contribution in [0.25, 0.3) is 0 Å². The summed E-state index contributed by atoms with van der Waals surface area (Å²) in [6.45, 7) is 4.60. The number of hydrogen-bond acceptors (Lipinski definition) is 1. The van der Waals surface area contributed by atoms with E-state index in [1.165, 1.54) is 31.3 Å². The van der Waals surface area contributed by atoms with Crippen LogP contribution in [0.3, 0.4) is 0 Å². The van der Waals surface area contributed by atoms with Crippen LogP contribution in [0.1, 0.15) is 43.2 Å². The van der Waals surface area contributed by atoms with Crippen molar-refractivity contribution in [3.63, 3.8) is 0 Å². The zero-order chi connectivity index (χ0) is 15.2. The molecule has 0 unspecified atom stereocenters. The average molecular weight is 307 g/mol. The molecule has 0 spiro atoms. The summed E-state index contributed by atoms with van der Waals surface area (Å²) in [5, 5.41) is 6.32. The van der Waals surface area contributed by atoms with Crippen LogP contribution in [0, 0.1) is 13.8 Å². The Morgan fingerprint density at radius 1 is 1.29 bits per heavy atom. The Hall–Kier alpha value is -1.48. The summed E-state index contributed by atoms with van der Waals surface area (Å²) >= 11 is 6.18. The van der Waals surface area contributed by atoms with Gasteiger partial charge < -0.3 is 10.6 Å². The quantitative estimate of drug-likeness (QED) is 0.758. The number of carbonyl (C=O) groups excluding carboxylic acids is 1. The van der Waals surface area contributed by atoms with Gasteiger partial charge in [0.05, 0.1) is 10.7 Å². The third-order valence-electron chi connectivity index (χ3n) is 3.79. The van der Waals surface area contributed by atoms with Gasteiger partial charge in [0.1, 0.15) is 0 Å². The topological polar surface area (TPSA) is 41.1 Å². The number of allylic oxidation sites excluding steroid dienone is 1. The van der Waals surface area contributed by atoms with Crippen molar-refractivity contribution >= 4 is 23.3 Å². The highest BCUT2D eigenvalue weighted by Gasteiger charge is 2.09. The molecule has 2 rings (SSSR count). The number of benzene rings is 1.